The van der Waals surface area contributed by atoms with Crippen molar-refractivity contribution in [1.29, 1.82) is 0 Å². The van der Waals surface area contributed by atoms with Gasteiger partial charge in [-0.15, -0.1) is 0 Å². The minimum atomic E-state index is -3.88. The SMILES string of the molecule is COc1ccccc1N(CC(=O)N(Cc1c(Cl)cccc1Cl)[C@@H](C)C(=O)NC1CCCC1)S(C)(=O)=O. The Bertz CT molecular complexity index is 1180. The summed E-state index contributed by atoms with van der Waals surface area (Å²) in [7, 11) is -2.46. The Balaban J connectivity index is 1.95. The molecule has 0 saturated heterocycles. The first-order valence-corrected chi connectivity index (χ1v) is 14.3. The number of carbonyl (C=O) groups excluding carboxylic acids is 2. The normalized spacial score (nSPS) is 14.8. The molecular weight excluding hydrogens is 525 g/mol. The Morgan fingerprint density at radius 2 is 1.69 bits per heavy atom. The summed E-state index contributed by atoms with van der Waals surface area (Å²) in [6, 6.07) is 10.6. The molecule has 1 aliphatic carbocycles. The largest absolute Gasteiger partial charge is 0.495 e. The van der Waals surface area contributed by atoms with E-state index in [2.05, 4.69) is 5.32 Å². The van der Waals surface area contributed by atoms with Crippen molar-refractivity contribution in [3.05, 3.63) is 58.1 Å². The highest BCUT2D eigenvalue weighted by atomic mass is 35.5. The summed E-state index contributed by atoms with van der Waals surface area (Å²) in [4.78, 5) is 28.1. The molecule has 2 aromatic rings. The minimum absolute atomic E-state index is 0.0573. The van der Waals surface area contributed by atoms with Crippen LogP contribution in [0.5, 0.6) is 5.75 Å². The van der Waals surface area contributed by atoms with Gasteiger partial charge in [-0.2, -0.15) is 0 Å². The van der Waals surface area contributed by atoms with Crippen LogP contribution >= 0.6 is 23.2 Å². The van der Waals surface area contributed by atoms with Gasteiger partial charge in [-0.05, 0) is 44.0 Å². The van der Waals surface area contributed by atoms with Crippen LogP contribution in [0.4, 0.5) is 5.69 Å². The number of halogens is 2. The van der Waals surface area contributed by atoms with E-state index in [0.29, 0.717) is 21.4 Å². The fourth-order valence-electron chi connectivity index (χ4n) is 4.26. The molecule has 0 aromatic heterocycles. The molecule has 2 aromatic carbocycles. The molecule has 3 rings (SSSR count). The van der Waals surface area contributed by atoms with Crippen molar-refractivity contribution >= 4 is 50.7 Å². The van der Waals surface area contributed by atoms with Gasteiger partial charge >= 0.3 is 0 Å². The first kappa shape index (κ1) is 28.1. The topological polar surface area (TPSA) is 96.0 Å². The van der Waals surface area contributed by atoms with Crippen LogP contribution in [0.15, 0.2) is 42.5 Å². The van der Waals surface area contributed by atoms with Gasteiger partial charge in [0.1, 0.15) is 18.3 Å². The number of hydrogen-bond donors (Lipinski definition) is 1. The molecule has 1 saturated carbocycles. The monoisotopic (exact) mass is 555 g/mol. The van der Waals surface area contributed by atoms with Gasteiger partial charge < -0.3 is 15.0 Å². The summed E-state index contributed by atoms with van der Waals surface area (Å²) in [6.45, 7) is 1.00. The number of amides is 2. The molecule has 11 heteroatoms. The quantitative estimate of drug-likeness (QED) is 0.472. The third-order valence-corrected chi connectivity index (χ3v) is 8.13. The van der Waals surface area contributed by atoms with Crippen LogP contribution < -0.4 is 14.4 Å². The fourth-order valence-corrected chi connectivity index (χ4v) is 5.63. The molecule has 1 N–H and O–H groups in total. The van der Waals surface area contributed by atoms with Crippen molar-refractivity contribution in [3.63, 3.8) is 0 Å². The fraction of sp³-hybridized carbons (Fsp3) is 0.440. The second kappa shape index (κ2) is 12.2. The lowest BCUT2D eigenvalue weighted by Crippen LogP contribution is -2.52. The highest BCUT2D eigenvalue weighted by molar-refractivity contribution is 7.92. The van der Waals surface area contributed by atoms with E-state index in [0.717, 1.165) is 36.2 Å². The third kappa shape index (κ3) is 6.83. The van der Waals surface area contributed by atoms with Gasteiger partial charge in [-0.3, -0.25) is 13.9 Å². The van der Waals surface area contributed by atoms with Crippen LogP contribution in [-0.4, -0.2) is 57.1 Å². The number of anilines is 1. The Hall–Kier alpha value is -2.49. The van der Waals surface area contributed by atoms with Gasteiger partial charge in [0.2, 0.25) is 21.8 Å². The maximum Gasteiger partial charge on any atom is 0.244 e. The van der Waals surface area contributed by atoms with Gasteiger partial charge in [-0.25, -0.2) is 8.42 Å². The van der Waals surface area contributed by atoms with Crippen molar-refractivity contribution in [1.82, 2.24) is 10.2 Å². The van der Waals surface area contributed by atoms with E-state index < -0.39 is 28.5 Å². The second-order valence-electron chi connectivity index (χ2n) is 8.83. The van der Waals surface area contributed by atoms with Gasteiger partial charge in [0.15, 0.2) is 0 Å². The van der Waals surface area contributed by atoms with E-state index in [-0.39, 0.29) is 24.2 Å². The van der Waals surface area contributed by atoms with Crippen LogP contribution in [-0.2, 0) is 26.2 Å². The van der Waals surface area contributed by atoms with E-state index >= 15 is 0 Å². The highest BCUT2D eigenvalue weighted by Crippen LogP contribution is 2.31. The molecule has 0 bridgehead atoms. The second-order valence-corrected chi connectivity index (χ2v) is 11.6. The Morgan fingerprint density at radius 3 is 2.28 bits per heavy atom. The molecule has 196 valence electrons. The molecule has 1 atom stereocenters. The number of methoxy groups -OCH3 is 1. The zero-order valence-corrected chi connectivity index (χ0v) is 22.9. The molecule has 0 radical (unpaired) electrons. The lowest BCUT2D eigenvalue weighted by Gasteiger charge is -2.32. The van der Waals surface area contributed by atoms with Gasteiger partial charge in [0, 0.05) is 28.2 Å². The number of benzene rings is 2. The van der Waals surface area contributed by atoms with E-state index in [9.17, 15) is 18.0 Å². The first-order valence-electron chi connectivity index (χ1n) is 11.7. The summed E-state index contributed by atoms with van der Waals surface area (Å²) in [5.74, 6) is -0.610. The first-order chi connectivity index (χ1) is 17.0. The number of hydrogen-bond acceptors (Lipinski definition) is 5. The molecule has 2 amide bonds. The Morgan fingerprint density at radius 1 is 1.08 bits per heavy atom. The molecule has 0 unspecified atom stereocenters. The molecule has 1 aliphatic rings. The molecule has 0 aliphatic heterocycles. The Kier molecular flexibility index (Phi) is 9.49. The van der Waals surface area contributed by atoms with E-state index in [1.807, 2.05) is 0 Å². The molecule has 0 spiro atoms. The smallest absolute Gasteiger partial charge is 0.244 e. The van der Waals surface area contributed by atoms with Crippen molar-refractivity contribution in [2.24, 2.45) is 0 Å². The minimum Gasteiger partial charge on any atom is -0.495 e. The van der Waals surface area contributed by atoms with Gasteiger partial charge in [-0.1, -0.05) is 54.2 Å². The van der Waals surface area contributed by atoms with Crippen molar-refractivity contribution < 1.29 is 22.7 Å². The molecular formula is C25H31Cl2N3O5S. The molecule has 1 fully saturated rings. The summed E-state index contributed by atoms with van der Waals surface area (Å²) in [5.41, 5.74) is 0.688. The molecule has 36 heavy (non-hydrogen) atoms. The summed E-state index contributed by atoms with van der Waals surface area (Å²) < 4.78 is 31.8. The lowest BCUT2D eigenvalue weighted by molar-refractivity contribution is -0.139. The predicted octanol–water partition coefficient (Wildman–Crippen LogP) is 4.24. The highest BCUT2D eigenvalue weighted by Gasteiger charge is 2.32. The van der Waals surface area contributed by atoms with Crippen LogP contribution in [0.3, 0.4) is 0 Å². The van der Waals surface area contributed by atoms with Gasteiger partial charge in [0.25, 0.3) is 0 Å². The van der Waals surface area contributed by atoms with Crippen molar-refractivity contribution in [3.8, 4) is 5.75 Å². The zero-order valence-electron chi connectivity index (χ0n) is 20.5. The zero-order chi connectivity index (χ0) is 26.5. The third-order valence-electron chi connectivity index (χ3n) is 6.29. The summed E-state index contributed by atoms with van der Waals surface area (Å²) >= 11 is 12.7. The van der Waals surface area contributed by atoms with Crippen LogP contribution in [0.1, 0.15) is 38.2 Å². The molecule has 8 nitrogen and oxygen atoms in total. The Labute approximate surface area is 222 Å². The number of para-hydroxylation sites is 2. The molecule has 0 heterocycles. The number of nitrogens with zero attached hydrogens (tertiary/aromatic N) is 2. The van der Waals surface area contributed by atoms with Gasteiger partial charge in [0.05, 0.1) is 19.1 Å². The summed E-state index contributed by atoms with van der Waals surface area (Å²) in [5, 5.41) is 3.69. The predicted molar refractivity (Wildman–Crippen MR) is 142 cm³/mol. The van der Waals surface area contributed by atoms with Crippen molar-refractivity contribution in [2.75, 3.05) is 24.2 Å². The number of ether oxygens (including phenoxy) is 1. The van der Waals surface area contributed by atoms with E-state index in [1.165, 1.54) is 12.0 Å². The van der Waals surface area contributed by atoms with E-state index in [1.54, 1.807) is 49.4 Å². The number of rotatable bonds is 10. The number of nitrogens with one attached hydrogen (secondary N) is 1. The maximum absolute atomic E-state index is 13.7. The lowest BCUT2D eigenvalue weighted by atomic mass is 10.1. The number of carbonyl (C=O) groups is 2. The van der Waals surface area contributed by atoms with Crippen LogP contribution in [0.2, 0.25) is 10.0 Å². The maximum atomic E-state index is 13.7. The average Bonchev–Trinajstić information content (AvgIpc) is 3.34. The van der Waals surface area contributed by atoms with E-state index in [4.69, 9.17) is 27.9 Å². The number of sulfonamides is 1. The average molecular weight is 557 g/mol. The summed E-state index contributed by atoms with van der Waals surface area (Å²) in [6.07, 6.45) is 4.87. The van der Waals surface area contributed by atoms with Crippen LogP contribution in [0.25, 0.3) is 0 Å². The van der Waals surface area contributed by atoms with Crippen LogP contribution in [0, 0.1) is 0 Å². The standard InChI is InChI=1S/C25H31Cl2N3O5S/c1-17(25(32)28-18-9-4-5-10-18)29(15-19-20(26)11-8-12-21(19)27)24(31)16-30(36(3,33)34)22-13-6-7-14-23(22)35-2/h6-8,11-14,17-18H,4-5,9-10,15-16H2,1-3H3,(H,28,32)/t17-/m0/s1. The van der Waals surface area contributed by atoms with Crippen molar-refractivity contribution in [2.45, 2.75) is 51.2 Å².